The molecule has 0 aliphatic heterocycles. The molecule has 1 aromatic carbocycles. The van der Waals surface area contributed by atoms with Crippen LogP contribution in [0, 0.1) is 6.92 Å². The van der Waals surface area contributed by atoms with Crippen LogP contribution in [0.25, 0.3) is 0 Å². The summed E-state index contributed by atoms with van der Waals surface area (Å²) in [6.45, 7) is 5.13. The number of rotatable bonds is 6. The van der Waals surface area contributed by atoms with Crippen LogP contribution in [0.2, 0.25) is 0 Å². The molecule has 0 unspecified atom stereocenters. The fourth-order valence-electron chi connectivity index (χ4n) is 1.47. The third-order valence-electron chi connectivity index (χ3n) is 2.37. The van der Waals surface area contributed by atoms with Crippen LogP contribution < -0.4 is 15.8 Å². The summed E-state index contributed by atoms with van der Waals surface area (Å²) in [4.78, 5) is 11.4. The molecule has 4 nitrogen and oxygen atoms in total. The zero-order chi connectivity index (χ0) is 12.7. The van der Waals surface area contributed by atoms with Gasteiger partial charge in [0.1, 0.15) is 5.75 Å². The van der Waals surface area contributed by atoms with Crippen molar-refractivity contribution in [3.8, 4) is 5.75 Å². The largest absolute Gasteiger partial charge is 0.483 e. The standard InChI is InChI=1S/C13H20N2O2/c1-3-6-15-13(16)9-17-12-5-4-10(2)7-11(12)8-14/h4-5,7H,3,6,8-9,14H2,1-2H3,(H,15,16). The fourth-order valence-corrected chi connectivity index (χ4v) is 1.47. The van der Waals surface area contributed by atoms with E-state index in [1.54, 1.807) is 0 Å². The van der Waals surface area contributed by atoms with E-state index in [1.165, 1.54) is 0 Å². The van der Waals surface area contributed by atoms with E-state index in [0.29, 0.717) is 18.8 Å². The Morgan fingerprint density at radius 1 is 1.47 bits per heavy atom. The van der Waals surface area contributed by atoms with E-state index in [4.69, 9.17) is 10.5 Å². The number of hydrogen-bond donors (Lipinski definition) is 2. The summed E-state index contributed by atoms with van der Waals surface area (Å²) >= 11 is 0. The van der Waals surface area contributed by atoms with Crippen LogP contribution in [0.5, 0.6) is 5.75 Å². The van der Waals surface area contributed by atoms with Crippen molar-refractivity contribution in [2.24, 2.45) is 5.73 Å². The molecule has 0 saturated heterocycles. The third-order valence-corrected chi connectivity index (χ3v) is 2.37. The highest BCUT2D eigenvalue weighted by atomic mass is 16.5. The van der Waals surface area contributed by atoms with Crippen LogP contribution in [-0.4, -0.2) is 19.1 Å². The zero-order valence-electron chi connectivity index (χ0n) is 10.5. The number of aryl methyl sites for hydroxylation is 1. The molecule has 1 amide bonds. The van der Waals surface area contributed by atoms with Crippen LogP contribution in [0.3, 0.4) is 0 Å². The minimum atomic E-state index is -0.101. The molecule has 1 rings (SSSR count). The van der Waals surface area contributed by atoms with Crippen molar-refractivity contribution < 1.29 is 9.53 Å². The quantitative estimate of drug-likeness (QED) is 0.783. The van der Waals surface area contributed by atoms with Gasteiger partial charge in [-0.25, -0.2) is 0 Å². The van der Waals surface area contributed by atoms with E-state index < -0.39 is 0 Å². The first-order valence-electron chi connectivity index (χ1n) is 5.86. The molecule has 0 fully saturated rings. The molecular formula is C13H20N2O2. The predicted octanol–water partition coefficient (Wildman–Crippen LogP) is 1.36. The number of benzene rings is 1. The molecule has 0 spiro atoms. The first kappa shape index (κ1) is 13.5. The van der Waals surface area contributed by atoms with Gasteiger partial charge in [0.2, 0.25) is 0 Å². The molecule has 0 aliphatic carbocycles. The first-order valence-corrected chi connectivity index (χ1v) is 5.86. The first-order chi connectivity index (χ1) is 8.17. The molecule has 4 heteroatoms. The summed E-state index contributed by atoms with van der Waals surface area (Å²) in [5.74, 6) is 0.583. The average molecular weight is 236 g/mol. The van der Waals surface area contributed by atoms with Gasteiger partial charge in [0.25, 0.3) is 5.91 Å². The summed E-state index contributed by atoms with van der Waals surface area (Å²) in [5.41, 5.74) is 7.68. The molecule has 17 heavy (non-hydrogen) atoms. The minimum absolute atomic E-state index is 0.0378. The molecule has 0 bridgehead atoms. The number of amides is 1. The normalized spacial score (nSPS) is 10.1. The zero-order valence-corrected chi connectivity index (χ0v) is 10.5. The number of carbonyl (C=O) groups is 1. The molecule has 3 N–H and O–H groups in total. The van der Waals surface area contributed by atoms with Gasteiger partial charge in [-0.1, -0.05) is 24.6 Å². The van der Waals surface area contributed by atoms with E-state index in [-0.39, 0.29) is 12.5 Å². The van der Waals surface area contributed by atoms with Crippen LogP contribution >= 0.6 is 0 Å². The number of ether oxygens (including phenoxy) is 1. The monoisotopic (exact) mass is 236 g/mol. The number of nitrogens with two attached hydrogens (primary N) is 1. The van der Waals surface area contributed by atoms with Gasteiger partial charge in [0.05, 0.1) is 0 Å². The van der Waals surface area contributed by atoms with Gasteiger partial charge in [0, 0.05) is 18.7 Å². The van der Waals surface area contributed by atoms with Crippen LogP contribution in [0.15, 0.2) is 18.2 Å². The highest BCUT2D eigenvalue weighted by Gasteiger charge is 2.05. The second-order valence-corrected chi connectivity index (χ2v) is 3.95. The van der Waals surface area contributed by atoms with Crippen LogP contribution in [-0.2, 0) is 11.3 Å². The van der Waals surface area contributed by atoms with E-state index in [1.807, 2.05) is 32.0 Å². The average Bonchev–Trinajstić information content (AvgIpc) is 2.34. The van der Waals surface area contributed by atoms with Crippen molar-refractivity contribution in [2.75, 3.05) is 13.2 Å². The Hall–Kier alpha value is -1.55. The smallest absolute Gasteiger partial charge is 0.257 e. The van der Waals surface area contributed by atoms with Gasteiger partial charge >= 0.3 is 0 Å². The van der Waals surface area contributed by atoms with Gasteiger partial charge in [0.15, 0.2) is 6.61 Å². The molecule has 0 heterocycles. The number of hydrogen-bond acceptors (Lipinski definition) is 3. The van der Waals surface area contributed by atoms with E-state index in [2.05, 4.69) is 5.32 Å². The fraction of sp³-hybridized carbons (Fsp3) is 0.462. The van der Waals surface area contributed by atoms with Gasteiger partial charge in [-0.05, 0) is 19.4 Å². The van der Waals surface area contributed by atoms with E-state index >= 15 is 0 Å². The van der Waals surface area contributed by atoms with Crippen molar-refractivity contribution in [2.45, 2.75) is 26.8 Å². The highest BCUT2D eigenvalue weighted by molar-refractivity contribution is 5.77. The minimum Gasteiger partial charge on any atom is -0.483 e. The molecule has 94 valence electrons. The van der Waals surface area contributed by atoms with Crippen molar-refractivity contribution >= 4 is 5.91 Å². The van der Waals surface area contributed by atoms with Gasteiger partial charge in [-0.15, -0.1) is 0 Å². The molecule has 0 aliphatic rings. The van der Waals surface area contributed by atoms with E-state index in [0.717, 1.165) is 17.5 Å². The number of carbonyl (C=O) groups excluding carboxylic acids is 1. The predicted molar refractivity (Wildman–Crippen MR) is 67.9 cm³/mol. The Bertz CT molecular complexity index is 378. The second-order valence-electron chi connectivity index (χ2n) is 3.95. The maximum atomic E-state index is 11.4. The van der Waals surface area contributed by atoms with Crippen molar-refractivity contribution in [3.63, 3.8) is 0 Å². The lowest BCUT2D eigenvalue weighted by Gasteiger charge is -2.11. The molecular weight excluding hydrogens is 216 g/mol. The highest BCUT2D eigenvalue weighted by Crippen LogP contribution is 2.19. The Balaban J connectivity index is 2.54. The Morgan fingerprint density at radius 3 is 2.88 bits per heavy atom. The molecule has 1 aromatic rings. The SMILES string of the molecule is CCCNC(=O)COc1ccc(C)cc1CN. The third kappa shape index (κ3) is 4.44. The summed E-state index contributed by atoms with van der Waals surface area (Å²) in [5, 5.41) is 2.76. The lowest BCUT2D eigenvalue weighted by Crippen LogP contribution is -2.29. The van der Waals surface area contributed by atoms with E-state index in [9.17, 15) is 4.79 Å². The topological polar surface area (TPSA) is 64.3 Å². The molecule has 0 atom stereocenters. The maximum Gasteiger partial charge on any atom is 0.257 e. The Kier molecular flexibility index (Phi) is 5.49. The lowest BCUT2D eigenvalue weighted by atomic mass is 10.1. The maximum absolute atomic E-state index is 11.4. The van der Waals surface area contributed by atoms with Gasteiger partial charge in [-0.3, -0.25) is 4.79 Å². The van der Waals surface area contributed by atoms with Crippen molar-refractivity contribution in [1.82, 2.24) is 5.32 Å². The second kappa shape index (κ2) is 6.91. The van der Waals surface area contributed by atoms with Gasteiger partial charge in [-0.2, -0.15) is 0 Å². The van der Waals surface area contributed by atoms with Gasteiger partial charge < -0.3 is 15.8 Å². The molecule has 0 saturated carbocycles. The van der Waals surface area contributed by atoms with Crippen molar-refractivity contribution in [3.05, 3.63) is 29.3 Å². The summed E-state index contributed by atoms with van der Waals surface area (Å²) < 4.78 is 5.45. The number of nitrogens with one attached hydrogen (secondary N) is 1. The molecule has 0 aromatic heterocycles. The summed E-state index contributed by atoms with van der Waals surface area (Å²) in [7, 11) is 0. The van der Waals surface area contributed by atoms with Crippen LogP contribution in [0.4, 0.5) is 0 Å². The molecule has 0 radical (unpaired) electrons. The summed E-state index contributed by atoms with van der Waals surface area (Å²) in [6, 6.07) is 5.77. The Morgan fingerprint density at radius 2 is 2.24 bits per heavy atom. The van der Waals surface area contributed by atoms with Crippen LogP contribution in [0.1, 0.15) is 24.5 Å². The Labute approximate surface area is 102 Å². The lowest BCUT2D eigenvalue weighted by molar-refractivity contribution is -0.123. The van der Waals surface area contributed by atoms with Crippen molar-refractivity contribution in [1.29, 1.82) is 0 Å². The summed E-state index contributed by atoms with van der Waals surface area (Å²) in [6.07, 6.45) is 0.921.